The van der Waals surface area contributed by atoms with Crippen LogP contribution in [0.3, 0.4) is 0 Å². The van der Waals surface area contributed by atoms with Crippen molar-refractivity contribution in [1.82, 2.24) is 5.32 Å². The third kappa shape index (κ3) is 3.50. The van der Waals surface area contributed by atoms with Crippen LogP contribution in [0.1, 0.15) is 0 Å². The van der Waals surface area contributed by atoms with E-state index in [4.69, 9.17) is 5.11 Å². The van der Waals surface area contributed by atoms with Crippen LogP contribution < -0.4 is 5.32 Å². The number of hydrogen-bond donors (Lipinski definition) is 2. The van der Waals surface area contributed by atoms with Gasteiger partial charge < -0.3 is 10.4 Å². The summed E-state index contributed by atoms with van der Waals surface area (Å²) in [4.78, 5) is 0. The van der Waals surface area contributed by atoms with Crippen LogP contribution in [0.15, 0.2) is 12.8 Å². The number of rotatable bonds is 2. The molecule has 0 aliphatic heterocycles. The highest BCUT2D eigenvalue weighted by molar-refractivity contribution is 4.62. The molecule has 0 spiro atoms. The Morgan fingerprint density at radius 1 is 1.80 bits per heavy atom. The monoisotopic (exact) mass is 72.0 g/mol. The number of nitrogens with one attached hydrogen (secondary N) is 1. The topological polar surface area (TPSA) is 32.3 Å². The van der Waals surface area contributed by atoms with Gasteiger partial charge >= 0.3 is 0 Å². The smallest absolute Gasteiger partial charge is 0.169 e. The highest BCUT2D eigenvalue weighted by atomic mass is 16.3. The van der Waals surface area contributed by atoms with E-state index in [2.05, 4.69) is 11.9 Å². The highest BCUT2D eigenvalue weighted by Gasteiger charge is 1.57. The fraction of sp³-hybridized carbons (Fsp3) is 0. The van der Waals surface area contributed by atoms with Crippen LogP contribution in [-0.2, 0) is 0 Å². The lowest BCUT2D eigenvalue weighted by Gasteiger charge is -1.81. The Balaban J connectivity index is 2.40. The Morgan fingerprint density at radius 3 is 2.40 bits per heavy atom. The Bertz CT molecular complexity index is 28.1. The molecular weight excluding hydrogens is 66.0 g/mol. The molecule has 2 N–H and O–H groups in total. The first kappa shape index (κ1) is 4.50. The van der Waals surface area contributed by atoms with Gasteiger partial charge in [0.05, 0.1) is 0 Å². The van der Waals surface area contributed by atoms with E-state index in [0.717, 1.165) is 6.73 Å². The van der Waals surface area contributed by atoms with Gasteiger partial charge in [-0.2, -0.15) is 0 Å². The molecule has 0 amide bonds. The predicted octanol–water partition coefficient (Wildman–Crippen LogP) is 0.211. The van der Waals surface area contributed by atoms with E-state index in [-0.39, 0.29) is 0 Å². The van der Waals surface area contributed by atoms with Crippen molar-refractivity contribution >= 4 is 0 Å². The summed E-state index contributed by atoms with van der Waals surface area (Å²) in [5, 5.41) is 10.1. The Morgan fingerprint density at radius 2 is 2.40 bits per heavy atom. The van der Waals surface area contributed by atoms with Gasteiger partial charge in [0, 0.05) is 0 Å². The van der Waals surface area contributed by atoms with Crippen molar-refractivity contribution in [2.45, 2.75) is 0 Å². The van der Waals surface area contributed by atoms with Gasteiger partial charge in [0.2, 0.25) is 0 Å². The molecule has 5 heavy (non-hydrogen) atoms. The Hall–Kier alpha value is -0.500. The molecule has 0 unspecified atom stereocenters. The van der Waals surface area contributed by atoms with Gasteiger partial charge in [0.1, 0.15) is 0 Å². The van der Waals surface area contributed by atoms with E-state index >= 15 is 0 Å². The second kappa shape index (κ2) is 3.50. The maximum absolute atomic E-state index is 7.76. The second-order valence-corrected chi connectivity index (χ2v) is 0.500. The molecule has 0 rings (SSSR count). The molecule has 0 aromatic heterocycles. The quantitative estimate of drug-likeness (QED) is 0.488. The number of aliphatic hydroxyl groups is 1. The average molecular weight is 72.1 g/mol. The zero-order valence-electron chi connectivity index (χ0n) is 2.81. The fourth-order valence-electron chi connectivity index (χ4n) is 0.0527. The molecule has 0 aromatic rings. The molecule has 0 bridgehead atoms. The van der Waals surface area contributed by atoms with E-state index in [9.17, 15) is 0 Å². The molecule has 2 heteroatoms. The summed E-state index contributed by atoms with van der Waals surface area (Å²) in [6.45, 7) is 4.06. The summed E-state index contributed by atoms with van der Waals surface area (Å²) in [6, 6.07) is 0. The van der Waals surface area contributed by atoms with E-state index in [1.807, 2.05) is 0 Å². The van der Waals surface area contributed by atoms with Crippen molar-refractivity contribution in [3.05, 3.63) is 19.5 Å². The molecular formula is C3H6NO. The summed E-state index contributed by atoms with van der Waals surface area (Å²) in [6.07, 6.45) is 1.38. The molecule has 0 saturated carbocycles. The maximum Gasteiger partial charge on any atom is 0.169 e. The minimum absolute atomic E-state index is 0.812. The summed E-state index contributed by atoms with van der Waals surface area (Å²) in [5.74, 6) is 0. The van der Waals surface area contributed by atoms with Crippen molar-refractivity contribution < 1.29 is 5.11 Å². The standard InChI is InChI=1S/C3H6NO/c1-2-4-3-5/h2-5H,1H2. The van der Waals surface area contributed by atoms with Crippen LogP contribution in [-0.4, -0.2) is 5.11 Å². The van der Waals surface area contributed by atoms with Crippen LogP contribution in [0.2, 0.25) is 0 Å². The Kier molecular flexibility index (Phi) is 3.15. The molecule has 0 saturated heterocycles. The van der Waals surface area contributed by atoms with Gasteiger partial charge in [0.15, 0.2) is 6.73 Å². The van der Waals surface area contributed by atoms with E-state index in [1.54, 1.807) is 0 Å². The highest BCUT2D eigenvalue weighted by Crippen LogP contribution is 1.50. The van der Waals surface area contributed by atoms with Crippen molar-refractivity contribution in [2.75, 3.05) is 0 Å². The summed E-state index contributed by atoms with van der Waals surface area (Å²) in [7, 11) is 0. The third-order valence-corrected chi connectivity index (χ3v) is 0.192. The summed E-state index contributed by atoms with van der Waals surface area (Å²) < 4.78 is 0. The molecule has 0 fully saturated rings. The molecule has 0 aliphatic carbocycles. The lowest BCUT2D eigenvalue weighted by Crippen LogP contribution is -1.95. The van der Waals surface area contributed by atoms with Gasteiger partial charge in [-0.1, -0.05) is 6.58 Å². The summed E-state index contributed by atoms with van der Waals surface area (Å²) in [5.41, 5.74) is 0. The normalized spacial score (nSPS) is 6.60. The van der Waals surface area contributed by atoms with Crippen LogP contribution >= 0.6 is 0 Å². The van der Waals surface area contributed by atoms with Gasteiger partial charge in [0.25, 0.3) is 0 Å². The number of hydrogen-bond acceptors (Lipinski definition) is 2. The van der Waals surface area contributed by atoms with Crippen LogP contribution in [0.4, 0.5) is 0 Å². The van der Waals surface area contributed by atoms with Gasteiger partial charge in [-0.25, -0.2) is 0 Å². The van der Waals surface area contributed by atoms with Crippen LogP contribution in [0.25, 0.3) is 0 Å². The SMILES string of the molecule is C=CN[CH]O. The summed E-state index contributed by atoms with van der Waals surface area (Å²) >= 11 is 0. The zero-order chi connectivity index (χ0) is 4.12. The Labute approximate surface area is 31.1 Å². The largest absolute Gasteiger partial charge is 0.369 e. The van der Waals surface area contributed by atoms with Crippen molar-refractivity contribution in [3.63, 3.8) is 0 Å². The fourth-order valence-corrected chi connectivity index (χ4v) is 0.0527. The molecule has 0 atom stereocenters. The molecule has 0 aromatic carbocycles. The van der Waals surface area contributed by atoms with E-state index in [1.165, 1.54) is 6.20 Å². The lowest BCUT2D eigenvalue weighted by molar-refractivity contribution is 0.369. The average Bonchev–Trinajstić information content (AvgIpc) is 1.41. The van der Waals surface area contributed by atoms with Gasteiger partial charge in [-0.05, 0) is 6.20 Å². The minimum Gasteiger partial charge on any atom is -0.369 e. The van der Waals surface area contributed by atoms with Crippen LogP contribution in [0.5, 0.6) is 0 Å². The maximum atomic E-state index is 7.76. The van der Waals surface area contributed by atoms with Crippen LogP contribution in [0, 0.1) is 6.73 Å². The van der Waals surface area contributed by atoms with E-state index < -0.39 is 0 Å². The zero-order valence-corrected chi connectivity index (χ0v) is 2.81. The third-order valence-electron chi connectivity index (χ3n) is 0.192. The number of aliphatic hydroxyl groups excluding tert-OH is 1. The van der Waals surface area contributed by atoms with Crippen molar-refractivity contribution in [2.24, 2.45) is 0 Å². The van der Waals surface area contributed by atoms with Crippen molar-refractivity contribution in [3.8, 4) is 0 Å². The van der Waals surface area contributed by atoms with E-state index in [0.29, 0.717) is 0 Å². The molecule has 1 radical (unpaired) electrons. The molecule has 2 nitrogen and oxygen atoms in total. The van der Waals surface area contributed by atoms with Crippen molar-refractivity contribution in [1.29, 1.82) is 0 Å². The first-order chi connectivity index (χ1) is 2.41. The second-order valence-electron chi connectivity index (χ2n) is 0.500. The van der Waals surface area contributed by atoms with Gasteiger partial charge in [-0.3, -0.25) is 0 Å². The predicted molar refractivity (Wildman–Crippen MR) is 19.6 cm³/mol. The lowest BCUT2D eigenvalue weighted by atomic mass is 11.0. The molecule has 0 aliphatic rings. The molecule has 29 valence electrons. The van der Waals surface area contributed by atoms with Gasteiger partial charge in [-0.15, -0.1) is 0 Å². The minimum atomic E-state index is 0.812. The first-order valence-corrected chi connectivity index (χ1v) is 1.24. The first-order valence-electron chi connectivity index (χ1n) is 1.24. The molecule has 0 heterocycles.